The third-order valence-corrected chi connectivity index (χ3v) is 3.48. The quantitative estimate of drug-likeness (QED) is 0.584. The highest BCUT2D eigenvalue weighted by Gasteiger charge is 2.19. The fourth-order valence-corrected chi connectivity index (χ4v) is 2.13. The lowest BCUT2D eigenvalue weighted by molar-refractivity contribution is -0.127. The Balaban J connectivity index is 1.98. The van der Waals surface area contributed by atoms with Gasteiger partial charge in [-0.15, -0.1) is 0 Å². The van der Waals surface area contributed by atoms with Gasteiger partial charge in [0.05, 0.1) is 5.71 Å². The van der Waals surface area contributed by atoms with Crippen LogP contribution in [0.2, 0.25) is 0 Å². The van der Waals surface area contributed by atoms with Crippen LogP contribution in [0.25, 0.3) is 0 Å². The molecule has 2 aromatic rings. The van der Waals surface area contributed by atoms with Gasteiger partial charge >= 0.3 is 0 Å². The van der Waals surface area contributed by atoms with Gasteiger partial charge < -0.3 is 20.0 Å². The van der Waals surface area contributed by atoms with E-state index in [-0.39, 0.29) is 11.8 Å². The number of aryl methyl sites for hydroxylation is 1. The molecule has 0 bridgehead atoms. The fourth-order valence-electron chi connectivity index (χ4n) is 2.13. The van der Waals surface area contributed by atoms with Crippen molar-refractivity contribution in [1.82, 2.24) is 5.16 Å². The largest absolute Gasteiger partial charge is 0.382 e. The SMILES string of the molecule is CC[C@@H](O/N=C(/C)c1ccc(NC(C)=O)cc1)C(=O)Nc1cc(C)on1. The van der Waals surface area contributed by atoms with Crippen molar-refractivity contribution in [2.45, 2.75) is 40.2 Å². The van der Waals surface area contributed by atoms with Crippen molar-refractivity contribution in [1.29, 1.82) is 0 Å². The lowest BCUT2D eigenvalue weighted by atomic mass is 10.1. The van der Waals surface area contributed by atoms with E-state index in [1.54, 1.807) is 32.0 Å². The van der Waals surface area contributed by atoms with Gasteiger partial charge in [0, 0.05) is 18.7 Å². The van der Waals surface area contributed by atoms with Crippen LogP contribution in [0.5, 0.6) is 0 Å². The Bertz CT molecular complexity index is 796. The Hall–Kier alpha value is -3.16. The standard InChI is InChI=1S/C18H22N4O4/c1-5-16(18(24)20-17-10-11(2)25-22-17)26-21-12(3)14-6-8-15(9-7-14)19-13(4)23/h6-10,16H,5H2,1-4H3,(H,19,23)(H,20,22,24)/b21-12-/t16-/m1/s1. The first-order valence-corrected chi connectivity index (χ1v) is 8.21. The molecular formula is C18H22N4O4. The Morgan fingerprint density at radius 1 is 1.23 bits per heavy atom. The Kier molecular flexibility index (Phi) is 6.48. The molecule has 2 amide bonds. The molecular weight excluding hydrogens is 336 g/mol. The van der Waals surface area contributed by atoms with E-state index in [2.05, 4.69) is 20.9 Å². The molecule has 26 heavy (non-hydrogen) atoms. The molecule has 0 fully saturated rings. The summed E-state index contributed by atoms with van der Waals surface area (Å²) >= 11 is 0. The minimum absolute atomic E-state index is 0.134. The molecule has 8 heteroatoms. The number of rotatable bonds is 7. The number of oxime groups is 1. The molecule has 0 aliphatic carbocycles. The lowest BCUT2D eigenvalue weighted by Gasteiger charge is -2.12. The highest BCUT2D eigenvalue weighted by atomic mass is 16.6. The van der Waals surface area contributed by atoms with Gasteiger partial charge in [0.2, 0.25) is 12.0 Å². The fraction of sp³-hybridized carbons (Fsp3) is 0.333. The van der Waals surface area contributed by atoms with Crippen molar-refractivity contribution in [2.75, 3.05) is 10.6 Å². The van der Waals surface area contributed by atoms with E-state index in [0.717, 1.165) is 5.56 Å². The van der Waals surface area contributed by atoms with Crippen molar-refractivity contribution in [2.24, 2.45) is 5.16 Å². The number of anilines is 2. The highest BCUT2D eigenvalue weighted by Crippen LogP contribution is 2.12. The van der Waals surface area contributed by atoms with E-state index < -0.39 is 6.10 Å². The molecule has 0 radical (unpaired) electrons. The second-order valence-electron chi connectivity index (χ2n) is 5.75. The Morgan fingerprint density at radius 3 is 2.46 bits per heavy atom. The summed E-state index contributed by atoms with van der Waals surface area (Å²) in [7, 11) is 0. The summed E-state index contributed by atoms with van der Waals surface area (Å²) in [6.45, 7) is 6.79. The molecule has 2 N–H and O–H groups in total. The van der Waals surface area contributed by atoms with E-state index in [1.807, 2.05) is 19.1 Å². The predicted octanol–water partition coefficient (Wildman–Crippen LogP) is 3.10. The lowest BCUT2D eigenvalue weighted by Crippen LogP contribution is -2.29. The average molecular weight is 358 g/mol. The Labute approximate surface area is 151 Å². The molecule has 0 unspecified atom stereocenters. The molecule has 0 spiro atoms. The molecule has 0 saturated carbocycles. The summed E-state index contributed by atoms with van der Waals surface area (Å²) in [5, 5.41) is 13.1. The van der Waals surface area contributed by atoms with Gasteiger partial charge in [-0.3, -0.25) is 9.59 Å². The summed E-state index contributed by atoms with van der Waals surface area (Å²) < 4.78 is 4.91. The van der Waals surface area contributed by atoms with Gasteiger partial charge in [0.1, 0.15) is 5.76 Å². The zero-order chi connectivity index (χ0) is 19.1. The number of benzene rings is 1. The zero-order valence-corrected chi connectivity index (χ0v) is 15.2. The maximum absolute atomic E-state index is 12.2. The number of hydrogen-bond acceptors (Lipinski definition) is 6. The summed E-state index contributed by atoms with van der Waals surface area (Å²) in [6.07, 6.45) is -0.304. The van der Waals surface area contributed by atoms with Gasteiger partial charge in [-0.1, -0.05) is 29.4 Å². The van der Waals surface area contributed by atoms with E-state index >= 15 is 0 Å². The van der Waals surface area contributed by atoms with Gasteiger partial charge in [-0.05, 0) is 38.0 Å². The van der Waals surface area contributed by atoms with Crippen molar-refractivity contribution in [3.63, 3.8) is 0 Å². The van der Waals surface area contributed by atoms with E-state index in [4.69, 9.17) is 9.36 Å². The molecule has 0 aliphatic heterocycles. The number of nitrogens with one attached hydrogen (secondary N) is 2. The molecule has 0 saturated heterocycles. The monoisotopic (exact) mass is 358 g/mol. The third-order valence-electron chi connectivity index (χ3n) is 3.48. The minimum atomic E-state index is -0.749. The van der Waals surface area contributed by atoms with Crippen molar-refractivity contribution in [3.8, 4) is 0 Å². The van der Waals surface area contributed by atoms with E-state index in [0.29, 0.717) is 29.4 Å². The maximum atomic E-state index is 12.2. The molecule has 8 nitrogen and oxygen atoms in total. The summed E-state index contributed by atoms with van der Waals surface area (Å²) in [6, 6.07) is 8.79. The number of carbonyl (C=O) groups excluding carboxylic acids is 2. The van der Waals surface area contributed by atoms with Crippen molar-refractivity contribution >= 4 is 29.0 Å². The van der Waals surface area contributed by atoms with Gasteiger partial charge in [0.25, 0.3) is 5.91 Å². The topological polar surface area (TPSA) is 106 Å². The minimum Gasteiger partial charge on any atom is -0.382 e. The number of carbonyl (C=O) groups is 2. The number of amides is 2. The number of hydrogen-bond donors (Lipinski definition) is 2. The first-order chi connectivity index (χ1) is 12.4. The van der Waals surface area contributed by atoms with Crippen LogP contribution < -0.4 is 10.6 Å². The predicted molar refractivity (Wildman–Crippen MR) is 98.0 cm³/mol. The van der Waals surface area contributed by atoms with Gasteiger partial charge in [-0.25, -0.2) is 0 Å². The normalized spacial score (nSPS) is 12.4. The summed E-state index contributed by atoms with van der Waals surface area (Å²) in [5.74, 6) is 0.457. The summed E-state index contributed by atoms with van der Waals surface area (Å²) in [5.41, 5.74) is 2.13. The average Bonchev–Trinajstić information content (AvgIpc) is 3.00. The van der Waals surface area contributed by atoms with Crippen LogP contribution in [-0.4, -0.2) is 28.8 Å². The van der Waals surface area contributed by atoms with Crippen LogP contribution in [0.4, 0.5) is 11.5 Å². The maximum Gasteiger partial charge on any atom is 0.269 e. The third kappa shape index (κ3) is 5.44. The number of aromatic nitrogens is 1. The molecule has 1 aromatic heterocycles. The first-order valence-electron chi connectivity index (χ1n) is 8.21. The van der Waals surface area contributed by atoms with Crippen molar-refractivity contribution in [3.05, 3.63) is 41.7 Å². The first kappa shape index (κ1) is 19.2. The Morgan fingerprint density at radius 2 is 1.92 bits per heavy atom. The molecule has 0 aliphatic rings. The van der Waals surface area contributed by atoms with Crippen LogP contribution in [-0.2, 0) is 14.4 Å². The highest BCUT2D eigenvalue weighted by molar-refractivity contribution is 5.99. The second-order valence-corrected chi connectivity index (χ2v) is 5.75. The van der Waals surface area contributed by atoms with Gasteiger partial charge in [0.15, 0.2) is 5.82 Å². The van der Waals surface area contributed by atoms with Gasteiger partial charge in [-0.2, -0.15) is 0 Å². The van der Waals surface area contributed by atoms with Crippen LogP contribution in [0.1, 0.15) is 38.5 Å². The zero-order valence-electron chi connectivity index (χ0n) is 15.2. The van der Waals surface area contributed by atoms with Crippen molar-refractivity contribution < 1.29 is 18.9 Å². The second kappa shape index (κ2) is 8.80. The van der Waals surface area contributed by atoms with E-state index in [9.17, 15) is 9.59 Å². The van der Waals surface area contributed by atoms with Crippen LogP contribution in [0, 0.1) is 6.92 Å². The molecule has 1 atom stereocenters. The molecule has 138 valence electrons. The van der Waals surface area contributed by atoms with Crippen LogP contribution >= 0.6 is 0 Å². The molecule has 1 heterocycles. The number of nitrogens with zero attached hydrogens (tertiary/aromatic N) is 2. The van der Waals surface area contributed by atoms with E-state index in [1.165, 1.54) is 6.92 Å². The van der Waals surface area contributed by atoms with Crippen LogP contribution in [0.3, 0.4) is 0 Å². The van der Waals surface area contributed by atoms with Crippen LogP contribution in [0.15, 0.2) is 40.0 Å². The molecule has 2 rings (SSSR count). The smallest absolute Gasteiger partial charge is 0.269 e. The molecule has 1 aromatic carbocycles. The summed E-state index contributed by atoms with van der Waals surface area (Å²) in [4.78, 5) is 28.6.